The molecule has 1 aromatic heterocycles. The summed E-state index contributed by atoms with van der Waals surface area (Å²) >= 11 is 0. The third kappa shape index (κ3) is 22.9. The molecule has 344 valence electrons. The molecule has 1 heterocycles. The third-order valence-corrected chi connectivity index (χ3v) is 9.47. The molecule has 60 heavy (non-hydrogen) atoms. The highest BCUT2D eigenvalue weighted by Gasteiger charge is 2.34. The topological polar surface area (TPSA) is 366 Å². The Hall–Kier alpha value is -4.29. The Balaban J connectivity index is 3.29. The minimum atomic E-state index is -1.24. The number of imidazole rings is 1. The van der Waals surface area contributed by atoms with Gasteiger partial charge in [0.05, 0.1) is 40.1 Å². The molecule has 6 atom stereocenters. The van der Waals surface area contributed by atoms with Crippen LogP contribution in [-0.2, 0) is 35.2 Å². The standard InChI is InChI=1S/C38H75N15O7/c1-22(2)18-29(34(57)50-28(36(59)60)14-11-16-46-38(42)43)51-35(58)30(23(3)4)52-33(56)26(12-8-9-17-53(5,6)7)49-32(55)27(13-10-15-45-37(40)41)48-31(54)25(39)19-24-20-44-21-47-24/h20-23,25-30,37-38,45-46H,8-19,39-43H2,1-7H3,(H6-,44,47,48,49,50,51,52,54,55,56,57,58,59,60)/p+1/t25-,26-,27-,28-,29-,30-/m0/s1. The minimum Gasteiger partial charge on any atom is -0.480 e. The number of rotatable bonds is 31. The summed E-state index contributed by atoms with van der Waals surface area (Å²) in [5, 5.41) is 29.0. The Morgan fingerprint density at radius 1 is 0.667 bits per heavy atom. The molecule has 0 fully saturated rings. The predicted octanol–water partition coefficient (Wildman–Crippen LogP) is -3.49. The summed E-state index contributed by atoms with van der Waals surface area (Å²) in [5.74, 6) is -4.99. The summed E-state index contributed by atoms with van der Waals surface area (Å²) in [5.41, 5.74) is 29.0. The highest BCUT2D eigenvalue weighted by atomic mass is 16.4. The molecule has 0 aliphatic heterocycles. The average molecular weight is 855 g/mol. The number of unbranched alkanes of at least 4 members (excludes halogenated alkanes) is 1. The molecule has 0 aliphatic carbocycles. The number of aromatic amines is 1. The number of nitrogens with two attached hydrogens (primary N) is 5. The molecule has 0 bridgehead atoms. The van der Waals surface area contributed by atoms with Crippen LogP contribution in [0.4, 0.5) is 0 Å². The monoisotopic (exact) mass is 855 g/mol. The Morgan fingerprint density at radius 3 is 1.63 bits per heavy atom. The lowest BCUT2D eigenvalue weighted by Gasteiger charge is -2.29. The summed E-state index contributed by atoms with van der Waals surface area (Å²) in [4.78, 5) is 87.5. The molecule has 0 saturated carbocycles. The number of carbonyl (C=O) groups excluding carboxylic acids is 5. The van der Waals surface area contributed by atoms with E-state index in [1.54, 1.807) is 20.0 Å². The number of amides is 5. The number of hydrogen-bond acceptors (Lipinski definition) is 14. The normalized spacial score (nSPS) is 14.9. The summed E-state index contributed by atoms with van der Waals surface area (Å²) < 4.78 is 0.685. The van der Waals surface area contributed by atoms with E-state index >= 15 is 0 Å². The first-order valence-electron chi connectivity index (χ1n) is 20.8. The first-order chi connectivity index (χ1) is 28.0. The molecule has 22 nitrogen and oxygen atoms in total. The van der Waals surface area contributed by atoms with Crippen LogP contribution < -0.4 is 65.9 Å². The van der Waals surface area contributed by atoms with E-state index in [4.69, 9.17) is 28.7 Å². The number of hydrogen-bond donors (Lipinski definition) is 14. The van der Waals surface area contributed by atoms with Gasteiger partial charge >= 0.3 is 5.97 Å². The van der Waals surface area contributed by atoms with E-state index in [1.165, 1.54) is 6.33 Å². The largest absolute Gasteiger partial charge is 0.480 e. The number of aromatic nitrogens is 2. The van der Waals surface area contributed by atoms with Crippen LogP contribution in [0.2, 0.25) is 0 Å². The molecule has 19 N–H and O–H groups in total. The van der Waals surface area contributed by atoms with Crippen molar-refractivity contribution >= 4 is 35.5 Å². The molecule has 0 aromatic carbocycles. The second kappa shape index (κ2) is 27.5. The van der Waals surface area contributed by atoms with Gasteiger partial charge in [-0.3, -0.25) is 34.6 Å². The molecule has 0 unspecified atom stereocenters. The van der Waals surface area contributed by atoms with Crippen molar-refractivity contribution in [1.82, 2.24) is 47.2 Å². The van der Waals surface area contributed by atoms with E-state index in [0.717, 1.165) is 13.0 Å². The van der Waals surface area contributed by atoms with E-state index in [9.17, 15) is 33.9 Å². The highest BCUT2D eigenvalue weighted by molar-refractivity contribution is 5.96. The lowest BCUT2D eigenvalue weighted by Crippen LogP contribution is -2.60. The van der Waals surface area contributed by atoms with Gasteiger partial charge in [0.2, 0.25) is 29.5 Å². The van der Waals surface area contributed by atoms with Crippen LogP contribution in [-0.4, -0.2) is 145 Å². The third-order valence-electron chi connectivity index (χ3n) is 9.47. The van der Waals surface area contributed by atoms with E-state index in [2.05, 4.69) is 47.2 Å². The van der Waals surface area contributed by atoms with Crippen LogP contribution in [0.15, 0.2) is 12.5 Å². The van der Waals surface area contributed by atoms with Crippen molar-refractivity contribution < 1.29 is 38.4 Å². The van der Waals surface area contributed by atoms with Gasteiger partial charge in [0.15, 0.2) is 0 Å². The molecule has 0 saturated heterocycles. The first-order valence-corrected chi connectivity index (χ1v) is 20.8. The van der Waals surface area contributed by atoms with Gasteiger partial charge in [-0.2, -0.15) is 0 Å². The maximum Gasteiger partial charge on any atom is 0.326 e. The number of nitrogens with zero attached hydrogens (tertiary/aromatic N) is 2. The summed E-state index contributed by atoms with van der Waals surface area (Å²) in [6.07, 6.45) is 4.24. The fourth-order valence-corrected chi connectivity index (χ4v) is 6.18. The van der Waals surface area contributed by atoms with Crippen molar-refractivity contribution in [3.05, 3.63) is 18.2 Å². The van der Waals surface area contributed by atoms with Gasteiger partial charge in [-0.1, -0.05) is 27.7 Å². The Labute approximate surface area is 354 Å². The molecule has 22 heteroatoms. The Morgan fingerprint density at radius 2 is 1.15 bits per heavy atom. The average Bonchev–Trinajstić information content (AvgIpc) is 3.65. The van der Waals surface area contributed by atoms with Crippen LogP contribution in [0.5, 0.6) is 0 Å². The predicted molar refractivity (Wildman–Crippen MR) is 227 cm³/mol. The van der Waals surface area contributed by atoms with E-state index in [0.29, 0.717) is 42.5 Å². The zero-order valence-electron chi connectivity index (χ0n) is 36.6. The van der Waals surface area contributed by atoms with E-state index < -0.39 is 90.3 Å². The smallest absolute Gasteiger partial charge is 0.326 e. The van der Waals surface area contributed by atoms with Gasteiger partial charge in [-0.15, -0.1) is 0 Å². The molecular weight excluding hydrogens is 779 g/mol. The summed E-state index contributed by atoms with van der Waals surface area (Å²) in [6, 6.07) is -6.71. The number of nitrogens with one attached hydrogen (secondary N) is 8. The number of aliphatic carboxylic acids is 1. The van der Waals surface area contributed by atoms with E-state index in [1.807, 2.05) is 35.0 Å². The van der Waals surface area contributed by atoms with Crippen molar-refractivity contribution in [2.75, 3.05) is 40.8 Å². The summed E-state index contributed by atoms with van der Waals surface area (Å²) in [6.45, 7) is 8.60. The van der Waals surface area contributed by atoms with Crippen LogP contribution in [0.3, 0.4) is 0 Å². The van der Waals surface area contributed by atoms with Gasteiger partial charge in [0, 0.05) is 18.3 Å². The lowest BCUT2D eigenvalue weighted by molar-refractivity contribution is -0.870. The van der Waals surface area contributed by atoms with Gasteiger partial charge in [-0.05, 0) is 76.3 Å². The molecule has 1 aromatic rings. The zero-order chi connectivity index (χ0) is 45.6. The number of carboxylic acid groups (broad SMARTS) is 1. The molecule has 1 rings (SSSR count). The number of H-pyrrole nitrogens is 1. The molecule has 0 spiro atoms. The SMILES string of the molecule is CC(C)C[C@H](NC(=O)[C@@H](NC(=O)[C@H](CCCC[N+](C)(C)C)NC(=O)[C@H](CCCNC(N)N)NC(=O)[C@@H](N)Cc1cnc[nH]1)C(C)C)C(=O)N[C@@H](CCCNC(N)N)C(=O)O. The van der Waals surface area contributed by atoms with Gasteiger partial charge in [0.25, 0.3) is 0 Å². The number of carboxylic acids is 1. The second-order valence-electron chi connectivity index (χ2n) is 17.1. The van der Waals surface area contributed by atoms with Crippen LogP contribution in [0.1, 0.15) is 84.8 Å². The maximum atomic E-state index is 14.1. The van der Waals surface area contributed by atoms with Crippen molar-refractivity contribution in [2.45, 2.75) is 134 Å². The molecular formula is C38H76N15O7+. The fraction of sp³-hybridized carbons (Fsp3) is 0.763. The second-order valence-corrected chi connectivity index (χ2v) is 17.1. The number of carbonyl (C=O) groups is 6. The number of quaternary nitrogens is 1. The molecule has 0 aliphatic rings. The first kappa shape index (κ1) is 53.7. The molecule has 0 radical (unpaired) electrons. The lowest BCUT2D eigenvalue weighted by atomic mass is 9.98. The Bertz CT molecular complexity index is 1450. The Kier molecular flexibility index (Phi) is 24.7. The fourth-order valence-electron chi connectivity index (χ4n) is 6.18. The van der Waals surface area contributed by atoms with Crippen molar-refractivity contribution in [3.8, 4) is 0 Å². The molecule has 5 amide bonds. The van der Waals surface area contributed by atoms with Gasteiger partial charge < -0.3 is 69.8 Å². The van der Waals surface area contributed by atoms with Crippen LogP contribution >= 0.6 is 0 Å². The van der Waals surface area contributed by atoms with Gasteiger partial charge in [0.1, 0.15) is 42.8 Å². The van der Waals surface area contributed by atoms with Crippen molar-refractivity contribution in [2.24, 2.45) is 40.5 Å². The summed E-state index contributed by atoms with van der Waals surface area (Å²) in [7, 11) is 6.13. The zero-order valence-corrected chi connectivity index (χ0v) is 36.6. The van der Waals surface area contributed by atoms with E-state index in [-0.39, 0.29) is 38.0 Å². The van der Waals surface area contributed by atoms with Crippen molar-refractivity contribution in [3.63, 3.8) is 0 Å². The van der Waals surface area contributed by atoms with Crippen LogP contribution in [0.25, 0.3) is 0 Å². The maximum absolute atomic E-state index is 14.1. The minimum absolute atomic E-state index is 0.0748. The van der Waals surface area contributed by atoms with Crippen LogP contribution in [0, 0.1) is 11.8 Å². The van der Waals surface area contributed by atoms with Crippen molar-refractivity contribution in [1.29, 1.82) is 0 Å². The quantitative estimate of drug-likeness (QED) is 0.0196. The highest BCUT2D eigenvalue weighted by Crippen LogP contribution is 2.12. The van der Waals surface area contributed by atoms with Gasteiger partial charge in [-0.25, -0.2) is 9.78 Å².